The fourth-order valence-corrected chi connectivity index (χ4v) is 8.45. The summed E-state index contributed by atoms with van der Waals surface area (Å²) in [6.07, 6.45) is 2.56. The number of aliphatic hydroxyl groups excluding tert-OH is 1. The summed E-state index contributed by atoms with van der Waals surface area (Å²) in [7, 11) is 0. The van der Waals surface area contributed by atoms with E-state index in [2.05, 4.69) is 46.4 Å². The van der Waals surface area contributed by atoms with E-state index in [1.165, 1.54) is 5.56 Å². The lowest BCUT2D eigenvalue weighted by atomic mass is 10.0. The molecule has 53 heavy (non-hydrogen) atoms. The number of amides is 1. The summed E-state index contributed by atoms with van der Waals surface area (Å²) >= 11 is 8.23. The normalized spacial score (nSPS) is 16.1. The number of nitrogens with zero attached hydrogens (tertiary/aromatic N) is 3. The third-order valence-electron chi connectivity index (χ3n) is 9.70. The van der Waals surface area contributed by atoms with Gasteiger partial charge in [-0.3, -0.25) is 9.79 Å². The molecule has 1 fully saturated rings. The van der Waals surface area contributed by atoms with Gasteiger partial charge in [0.05, 0.1) is 24.2 Å². The monoisotopic (exact) mass is 750 g/mol. The minimum Gasteiger partial charge on any atom is -0.482 e. The van der Waals surface area contributed by atoms with Gasteiger partial charge in [0.15, 0.2) is 6.61 Å². The second-order valence-electron chi connectivity index (χ2n) is 13.6. The summed E-state index contributed by atoms with van der Waals surface area (Å²) in [4.78, 5) is 35.3. The number of nitrogens with one attached hydrogen (secondary N) is 1. The van der Waals surface area contributed by atoms with E-state index < -0.39 is 12.1 Å². The summed E-state index contributed by atoms with van der Waals surface area (Å²) in [6, 6.07) is 31.2. The summed E-state index contributed by atoms with van der Waals surface area (Å²) in [5.41, 5.74) is 4.02. The lowest BCUT2D eigenvalue weighted by Crippen LogP contribution is -2.33. The molecule has 2 aliphatic rings. The van der Waals surface area contributed by atoms with E-state index in [0.29, 0.717) is 43.9 Å². The van der Waals surface area contributed by atoms with E-state index >= 15 is 0 Å². The molecule has 0 aliphatic carbocycles. The van der Waals surface area contributed by atoms with Crippen molar-refractivity contribution in [1.29, 1.82) is 0 Å². The van der Waals surface area contributed by atoms with Crippen molar-refractivity contribution < 1.29 is 24.2 Å². The van der Waals surface area contributed by atoms with Crippen molar-refractivity contribution in [3.8, 4) is 11.5 Å². The van der Waals surface area contributed by atoms with Crippen molar-refractivity contribution in [2.24, 2.45) is 4.99 Å². The Morgan fingerprint density at radius 1 is 1.04 bits per heavy atom. The van der Waals surface area contributed by atoms with Crippen LogP contribution in [0.3, 0.4) is 0 Å². The molecule has 0 radical (unpaired) electrons. The van der Waals surface area contributed by atoms with Crippen LogP contribution in [0.15, 0.2) is 102 Å². The average Bonchev–Trinajstić information content (AvgIpc) is 3.89. The third-order valence-corrected chi connectivity index (χ3v) is 11.4. The number of aliphatic imine (C=N–C) groups is 1. The van der Waals surface area contributed by atoms with Gasteiger partial charge in [-0.25, -0.2) is 4.79 Å². The Kier molecular flexibility index (Phi) is 11.6. The average molecular weight is 751 g/mol. The predicted octanol–water partition coefficient (Wildman–Crippen LogP) is 7.86. The number of aliphatic hydroxyl groups is 1. The molecule has 2 atom stereocenters. The quantitative estimate of drug-likeness (QED) is 0.0830. The topological polar surface area (TPSA) is 104 Å². The van der Waals surface area contributed by atoms with Crippen LogP contribution in [0.25, 0.3) is 10.1 Å². The fourth-order valence-electron chi connectivity index (χ4n) is 6.87. The lowest BCUT2D eigenvalue weighted by Gasteiger charge is -2.26. The Hall–Kier alpha value is -4.90. The fraction of sp³-hybridized carbons (Fsp3) is 0.310. The molecule has 1 unspecified atom stereocenters. The van der Waals surface area contributed by atoms with Crippen LogP contribution in [-0.4, -0.2) is 66.1 Å². The van der Waals surface area contributed by atoms with Gasteiger partial charge in [0.2, 0.25) is 5.91 Å². The van der Waals surface area contributed by atoms with E-state index in [-0.39, 0.29) is 18.6 Å². The molecular formula is C42H43ClN4O5S. The van der Waals surface area contributed by atoms with Crippen LogP contribution >= 0.6 is 22.9 Å². The number of amidine groups is 1. The first-order chi connectivity index (χ1) is 25.8. The molecule has 2 aliphatic heterocycles. The van der Waals surface area contributed by atoms with Gasteiger partial charge in [-0.2, -0.15) is 0 Å². The number of ether oxygens (including phenoxy) is 2. The number of hydrogen-bond donors (Lipinski definition) is 2. The van der Waals surface area contributed by atoms with Crippen LogP contribution in [0.4, 0.5) is 11.4 Å². The van der Waals surface area contributed by atoms with Crippen LogP contribution in [-0.2, 0) is 22.6 Å². The first-order valence-electron chi connectivity index (χ1n) is 18.1. The Bertz CT molecular complexity index is 2080. The van der Waals surface area contributed by atoms with E-state index in [1.54, 1.807) is 29.5 Å². The maximum atomic E-state index is 12.8. The molecule has 274 valence electrons. The number of rotatable bonds is 15. The highest BCUT2D eigenvalue weighted by atomic mass is 35.5. The highest BCUT2D eigenvalue weighted by molar-refractivity contribution is 7.19. The van der Waals surface area contributed by atoms with Crippen molar-refractivity contribution >= 4 is 62.1 Å². The second-order valence-corrected chi connectivity index (χ2v) is 15.1. The Labute approximate surface area is 318 Å². The highest BCUT2D eigenvalue weighted by Crippen LogP contribution is 2.36. The Morgan fingerprint density at radius 3 is 2.62 bits per heavy atom. The molecule has 9 nitrogen and oxygen atoms in total. The number of likely N-dealkylation sites (tertiary alicyclic amines) is 1. The largest absolute Gasteiger partial charge is 0.482 e. The molecule has 1 aromatic heterocycles. The molecule has 11 heteroatoms. The standard InChI is InChI=1S/C42H43ClN4O5S/c1-28-9-13-30(14-10-28)46(26-39-44-21-22-45-39)32-5-4-6-35(23-32)52-41(50)27-51-34-18-11-29(12-19-34)25-47-31(16-20-40(47)49)15-17-33(48)24-38-42(43)36-7-2-3-8-37(36)53-38/h2-14,18-19,23,31,33,48H,15-17,20-22,24-27H2,1H3,(H,44,45)/t31-,33?/m0/s1. The van der Waals surface area contributed by atoms with Crippen LogP contribution < -0.4 is 19.7 Å². The second kappa shape index (κ2) is 16.8. The first kappa shape index (κ1) is 36.5. The summed E-state index contributed by atoms with van der Waals surface area (Å²) in [5.74, 6) is 1.47. The lowest BCUT2D eigenvalue weighted by molar-refractivity contribution is -0.136. The minimum atomic E-state index is -0.534. The molecule has 1 amide bonds. The van der Waals surface area contributed by atoms with Gasteiger partial charge in [0.1, 0.15) is 17.3 Å². The number of benzene rings is 4. The number of hydrogen-bond acceptors (Lipinski definition) is 9. The number of carbonyl (C=O) groups is 2. The van der Waals surface area contributed by atoms with Crippen molar-refractivity contribution in [3.63, 3.8) is 0 Å². The zero-order chi connectivity index (χ0) is 36.7. The van der Waals surface area contributed by atoms with E-state index in [4.69, 9.17) is 21.1 Å². The van der Waals surface area contributed by atoms with Crippen molar-refractivity contribution in [2.75, 3.05) is 31.1 Å². The molecule has 7 rings (SSSR count). The number of anilines is 2. The minimum absolute atomic E-state index is 0.0660. The van der Waals surface area contributed by atoms with Gasteiger partial charge in [-0.15, -0.1) is 11.3 Å². The number of esters is 1. The van der Waals surface area contributed by atoms with E-state index in [0.717, 1.165) is 68.7 Å². The van der Waals surface area contributed by atoms with Gasteiger partial charge in [0, 0.05) is 64.4 Å². The third kappa shape index (κ3) is 9.19. The maximum Gasteiger partial charge on any atom is 0.349 e. The Balaban J connectivity index is 0.899. The smallest absolute Gasteiger partial charge is 0.349 e. The number of halogens is 1. The molecule has 4 aromatic carbocycles. The highest BCUT2D eigenvalue weighted by Gasteiger charge is 2.31. The Morgan fingerprint density at radius 2 is 1.85 bits per heavy atom. The van der Waals surface area contributed by atoms with E-state index in [1.807, 2.05) is 59.5 Å². The maximum absolute atomic E-state index is 12.8. The number of aryl methyl sites for hydroxylation is 1. The summed E-state index contributed by atoms with van der Waals surface area (Å²) in [5, 5.41) is 16.0. The predicted molar refractivity (Wildman–Crippen MR) is 212 cm³/mol. The summed E-state index contributed by atoms with van der Waals surface area (Å²) in [6.45, 7) is 4.43. The van der Waals surface area contributed by atoms with Crippen LogP contribution in [0.1, 0.15) is 41.7 Å². The SMILES string of the molecule is Cc1ccc(N(CC2=NCCN2)c2cccc(OC(=O)COc3ccc(CN4C(=O)CC[C@@H]4CCC(O)Cc4sc5ccccc5c4Cl)cc3)c2)cc1. The van der Waals surface area contributed by atoms with Gasteiger partial charge in [-0.05, 0) is 74.2 Å². The molecule has 1 saturated heterocycles. The zero-order valence-electron chi connectivity index (χ0n) is 29.7. The number of thiophene rings is 1. The van der Waals surface area contributed by atoms with Gasteiger partial charge >= 0.3 is 5.97 Å². The molecule has 0 bridgehead atoms. The first-order valence-corrected chi connectivity index (χ1v) is 19.3. The molecule has 2 N–H and O–H groups in total. The molecule has 0 spiro atoms. The number of fused-ring (bicyclic) bond motifs is 1. The van der Waals surface area contributed by atoms with Crippen LogP contribution in [0, 0.1) is 6.92 Å². The number of carbonyl (C=O) groups excluding carboxylic acids is 2. The van der Waals surface area contributed by atoms with Crippen LogP contribution in [0.5, 0.6) is 11.5 Å². The van der Waals surface area contributed by atoms with Gasteiger partial charge in [0.25, 0.3) is 0 Å². The van der Waals surface area contributed by atoms with Crippen molar-refractivity contribution in [3.05, 3.63) is 118 Å². The molecule has 5 aromatic rings. The van der Waals surface area contributed by atoms with Crippen molar-refractivity contribution in [1.82, 2.24) is 10.2 Å². The van der Waals surface area contributed by atoms with Gasteiger partial charge in [-0.1, -0.05) is 65.7 Å². The molecule has 0 saturated carbocycles. The van der Waals surface area contributed by atoms with Gasteiger partial charge < -0.3 is 29.7 Å². The van der Waals surface area contributed by atoms with Crippen molar-refractivity contribution in [2.45, 2.75) is 57.7 Å². The zero-order valence-corrected chi connectivity index (χ0v) is 31.2. The summed E-state index contributed by atoms with van der Waals surface area (Å²) < 4.78 is 12.6. The van der Waals surface area contributed by atoms with Crippen LogP contribution in [0.2, 0.25) is 5.02 Å². The van der Waals surface area contributed by atoms with E-state index in [9.17, 15) is 14.7 Å². The molecule has 3 heterocycles. The molecular weight excluding hydrogens is 708 g/mol.